The average Bonchev–Trinajstić information content (AvgIpc) is 3.00. The van der Waals surface area contributed by atoms with Gasteiger partial charge in [-0.2, -0.15) is 0 Å². The lowest BCUT2D eigenvalue weighted by Gasteiger charge is -2.31. The van der Waals surface area contributed by atoms with Crippen molar-refractivity contribution in [3.8, 4) is 0 Å². The van der Waals surface area contributed by atoms with Crippen LogP contribution < -0.4 is 0 Å². The van der Waals surface area contributed by atoms with Gasteiger partial charge in [-0.05, 0) is 32.0 Å². The predicted molar refractivity (Wildman–Crippen MR) is 91.4 cm³/mol. The molecule has 0 atom stereocenters. The summed E-state index contributed by atoms with van der Waals surface area (Å²) in [6.45, 7) is 3.97. The quantitative estimate of drug-likeness (QED) is 0.313. The maximum atomic E-state index is 11.9. The van der Waals surface area contributed by atoms with Crippen LogP contribution in [0.2, 0.25) is 18.6 Å². The molecular formula is C14H31NO6Si2. The van der Waals surface area contributed by atoms with Crippen LogP contribution in [0.5, 0.6) is 0 Å². The molecule has 0 amide bonds. The van der Waals surface area contributed by atoms with Gasteiger partial charge in [0.2, 0.25) is 0 Å². The number of hydrogen-bond acceptors (Lipinski definition) is 7. The van der Waals surface area contributed by atoms with Crippen molar-refractivity contribution in [3.63, 3.8) is 0 Å². The van der Waals surface area contributed by atoms with Crippen LogP contribution in [0.4, 0.5) is 0 Å². The predicted octanol–water partition coefficient (Wildman–Crippen LogP) is 1.61. The van der Waals surface area contributed by atoms with Crippen LogP contribution >= 0.6 is 0 Å². The van der Waals surface area contributed by atoms with E-state index in [9.17, 15) is 4.79 Å². The van der Waals surface area contributed by atoms with Crippen molar-refractivity contribution >= 4 is 23.3 Å². The van der Waals surface area contributed by atoms with Crippen molar-refractivity contribution < 1.29 is 27.2 Å². The summed E-state index contributed by atoms with van der Waals surface area (Å²) in [4.78, 5) is 11.9. The molecule has 0 N–H and O–H groups in total. The van der Waals surface area contributed by atoms with E-state index in [1.807, 2.05) is 6.55 Å². The monoisotopic (exact) mass is 365 g/mol. The van der Waals surface area contributed by atoms with E-state index in [2.05, 4.69) is 4.57 Å². The fraction of sp³-hybridized carbons (Fsp3) is 0.929. The van der Waals surface area contributed by atoms with Crippen LogP contribution in [0.15, 0.2) is 0 Å². The topological polar surface area (TPSA) is 66.5 Å². The highest BCUT2D eigenvalue weighted by Gasteiger charge is 2.47. The molecule has 0 spiro atoms. The summed E-state index contributed by atoms with van der Waals surface area (Å²) >= 11 is 0. The van der Waals surface area contributed by atoms with E-state index in [0.717, 1.165) is 31.5 Å². The van der Waals surface area contributed by atoms with Crippen molar-refractivity contribution in [2.45, 2.75) is 37.9 Å². The molecule has 1 saturated heterocycles. The molecule has 0 aromatic heterocycles. The molecule has 0 unspecified atom stereocenters. The smallest absolute Gasteiger partial charge is 0.427 e. The molecule has 7 nitrogen and oxygen atoms in total. The summed E-state index contributed by atoms with van der Waals surface area (Å²) in [6, 6.07) is 1.76. The first-order valence-corrected chi connectivity index (χ1v) is 12.6. The van der Waals surface area contributed by atoms with E-state index >= 15 is 0 Å². The second-order valence-corrected chi connectivity index (χ2v) is 12.8. The van der Waals surface area contributed by atoms with Gasteiger partial charge in [-0.1, -0.05) is 0 Å². The number of carbonyl (C=O) groups is 1. The molecule has 0 bridgehead atoms. The molecule has 0 saturated carbocycles. The normalized spacial score (nSPS) is 18.3. The Labute approximate surface area is 141 Å². The van der Waals surface area contributed by atoms with Crippen LogP contribution in [-0.2, 0) is 27.2 Å². The highest BCUT2D eigenvalue weighted by atomic mass is 28.4. The molecule has 1 aliphatic heterocycles. The Hall–Kier alpha value is -0.296. The molecule has 136 valence electrons. The van der Waals surface area contributed by atoms with Crippen LogP contribution in [-0.4, -0.2) is 76.0 Å². The standard InChI is InChI=1S/C14H31NO6Si2/c1-17-22(5,18-2)12-7-11-21-14(16)8-10-15-9-6-13-23(15,19-3)20-4/h6-13H2,1-5H3. The Balaban J connectivity index is 2.25. The lowest BCUT2D eigenvalue weighted by molar-refractivity contribution is -0.143. The molecule has 0 aromatic rings. The summed E-state index contributed by atoms with van der Waals surface area (Å²) in [7, 11) is 2.40. The van der Waals surface area contributed by atoms with E-state index in [0.29, 0.717) is 19.6 Å². The van der Waals surface area contributed by atoms with Gasteiger partial charge in [0.15, 0.2) is 0 Å². The lowest BCUT2D eigenvalue weighted by atomic mass is 10.4. The Kier molecular flexibility index (Phi) is 8.90. The van der Waals surface area contributed by atoms with Gasteiger partial charge in [-0.25, -0.2) is 0 Å². The first-order chi connectivity index (χ1) is 10.9. The summed E-state index contributed by atoms with van der Waals surface area (Å²) in [5.41, 5.74) is 0. The molecule has 1 rings (SSSR count). The summed E-state index contributed by atoms with van der Waals surface area (Å²) < 4.78 is 29.5. The number of rotatable bonds is 11. The zero-order valence-corrected chi connectivity index (χ0v) is 17.1. The first kappa shape index (κ1) is 20.7. The SMILES string of the molecule is CO[Si](C)(CCCOC(=O)CCN1CCC[Si]1(OC)OC)OC. The van der Waals surface area contributed by atoms with E-state index in [4.69, 9.17) is 22.4 Å². The number of carbonyl (C=O) groups excluding carboxylic acids is 1. The molecule has 0 aliphatic carbocycles. The Morgan fingerprint density at radius 2 is 1.83 bits per heavy atom. The summed E-state index contributed by atoms with van der Waals surface area (Å²) in [5, 5.41) is 0. The maximum Gasteiger partial charge on any atom is 0.427 e. The van der Waals surface area contributed by atoms with Crippen molar-refractivity contribution in [3.05, 3.63) is 0 Å². The van der Waals surface area contributed by atoms with Crippen LogP contribution in [0.25, 0.3) is 0 Å². The molecule has 0 radical (unpaired) electrons. The zero-order valence-electron chi connectivity index (χ0n) is 15.1. The van der Waals surface area contributed by atoms with Gasteiger partial charge in [0.25, 0.3) is 0 Å². The Morgan fingerprint density at radius 1 is 1.17 bits per heavy atom. The van der Waals surface area contributed by atoms with Crippen molar-refractivity contribution in [2.24, 2.45) is 0 Å². The van der Waals surface area contributed by atoms with Crippen molar-refractivity contribution in [1.29, 1.82) is 0 Å². The molecule has 0 aromatic carbocycles. The van der Waals surface area contributed by atoms with Gasteiger partial charge in [0.05, 0.1) is 13.0 Å². The zero-order chi connectivity index (χ0) is 17.3. The van der Waals surface area contributed by atoms with Crippen molar-refractivity contribution in [2.75, 3.05) is 48.1 Å². The first-order valence-electron chi connectivity index (χ1n) is 8.06. The highest BCUT2D eigenvalue weighted by Crippen LogP contribution is 2.27. The number of hydrogen-bond donors (Lipinski definition) is 0. The second-order valence-electron chi connectivity index (χ2n) is 5.83. The van der Waals surface area contributed by atoms with Gasteiger partial charge in [-0.3, -0.25) is 9.36 Å². The van der Waals surface area contributed by atoms with E-state index in [1.54, 1.807) is 28.4 Å². The fourth-order valence-corrected chi connectivity index (χ4v) is 7.14. The third kappa shape index (κ3) is 5.93. The third-order valence-electron chi connectivity index (χ3n) is 4.53. The maximum absolute atomic E-state index is 11.9. The number of nitrogens with zero attached hydrogens (tertiary/aromatic N) is 1. The van der Waals surface area contributed by atoms with E-state index in [1.165, 1.54) is 0 Å². The van der Waals surface area contributed by atoms with Gasteiger partial charge >= 0.3 is 23.3 Å². The Morgan fingerprint density at radius 3 is 2.39 bits per heavy atom. The van der Waals surface area contributed by atoms with Crippen LogP contribution in [0.3, 0.4) is 0 Å². The van der Waals surface area contributed by atoms with Crippen molar-refractivity contribution in [1.82, 2.24) is 4.57 Å². The van der Waals surface area contributed by atoms with Gasteiger partial charge in [-0.15, -0.1) is 0 Å². The van der Waals surface area contributed by atoms with E-state index < -0.39 is 17.3 Å². The van der Waals surface area contributed by atoms with Crippen LogP contribution in [0.1, 0.15) is 19.3 Å². The van der Waals surface area contributed by atoms with Gasteiger partial charge < -0.3 is 22.4 Å². The molecule has 1 aliphatic rings. The fourth-order valence-electron chi connectivity index (χ4n) is 2.81. The van der Waals surface area contributed by atoms with Gasteiger partial charge in [0, 0.05) is 41.0 Å². The largest absolute Gasteiger partial charge is 0.466 e. The summed E-state index contributed by atoms with van der Waals surface area (Å²) in [6.07, 6.45) is 2.18. The Bertz CT molecular complexity index is 363. The van der Waals surface area contributed by atoms with Crippen LogP contribution in [0, 0.1) is 0 Å². The number of ether oxygens (including phenoxy) is 1. The summed E-state index contributed by atoms with van der Waals surface area (Å²) in [5.74, 6) is -0.176. The molecule has 9 heteroatoms. The lowest BCUT2D eigenvalue weighted by Crippen LogP contribution is -2.53. The molecular weight excluding hydrogens is 334 g/mol. The second kappa shape index (κ2) is 9.87. The molecule has 1 heterocycles. The molecule has 23 heavy (non-hydrogen) atoms. The van der Waals surface area contributed by atoms with Gasteiger partial charge in [0.1, 0.15) is 0 Å². The average molecular weight is 366 g/mol. The third-order valence-corrected chi connectivity index (χ3v) is 11.2. The van der Waals surface area contributed by atoms with E-state index in [-0.39, 0.29) is 5.97 Å². The minimum atomic E-state index is -2.25. The minimum Gasteiger partial charge on any atom is -0.466 e. The highest BCUT2D eigenvalue weighted by molar-refractivity contribution is 6.66. The number of esters is 1. The minimum absolute atomic E-state index is 0.176. The molecule has 1 fully saturated rings.